The Hall–Kier alpha value is -2.38. The first-order valence-corrected chi connectivity index (χ1v) is 12.0. The molecule has 0 heterocycles. The molecule has 0 saturated carbocycles. The summed E-state index contributed by atoms with van der Waals surface area (Å²) in [6.07, 6.45) is 12.1. The Morgan fingerprint density at radius 3 is 2.00 bits per heavy atom. The first-order chi connectivity index (χ1) is 15.1. The van der Waals surface area contributed by atoms with Crippen LogP contribution in [0.3, 0.4) is 0 Å². The van der Waals surface area contributed by atoms with Gasteiger partial charge in [0.05, 0.1) is 18.2 Å². The molecule has 0 unspecified atom stereocenters. The van der Waals surface area contributed by atoms with Crippen molar-refractivity contribution < 1.29 is 4.74 Å². The second-order valence-corrected chi connectivity index (χ2v) is 8.53. The van der Waals surface area contributed by atoms with Gasteiger partial charge in [-0.05, 0) is 72.2 Å². The Balaban J connectivity index is 1.75. The maximum Gasteiger partial charge on any atom is 0.119 e. The van der Waals surface area contributed by atoms with E-state index in [-0.39, 0.29) is 0 Å². The van der Waals surface area contributed by atoms with E-state index < -0.39 is 0 Å². The Kier molecular flexibility index (Phi) is 11.7. The van der Waals surface area contributed by atoms with Crippen LogP contribution in [-0.2, 0) is 0 Å². The molecular formula is C27H36N2OS. The molecule has 166 valence electrons. The van der Waals surface area contributed by atoms with Gasteiger partial charge < -0.3 is 9.64 Å². The zero-order chi connectivity index (χ0) is 22.3. The smallest absolute Gasteiger partial charge is 0.119 e. The molecule has 2 aromatic carbocycles. The molecule has 3 nitrogen and oxygen atoms in total. The van der Waals surface area contributed by atoms with Crippen LogP contribution >= 0.6 is 12.6 Å². The topological polar surface area (TPSA) is 36.3 Å². The summed E-state index contributed by atoms with van der Waals surface area (Å²) in [6, 6.07) is 18.3. The lowest BCUT2D eigenvalue weighted by molar-refractivity contribution is 0.304. The molecule has 0 spiro atoms. The van der Waals surface area contributed by atoms with Crippen molar-refractivity contribution in [3.63, 3.8) is 0 Å². The predicted octanol–water partition coefficient (Wildman–Crippen LogP) is 7.25. The number of nitriles is 1. The highest BCUT2D eigenvalue weighted by Gasteiger charge is 2.03. The van der Waals surface area contributed by atoms with Gasteiger partial charge in [-0.2, -0.15) is 17.9 Å². The van der Waals surface area contributed by atoms with Gasteiger partial charge in [0.15, 0.2) is 0 Å². The van der Waals surface area contributed by atoms with Crippen LogP contribution in [0.2, 0.25) is 0 Å². The van der Waals surface area contributed by atoms with Crippen molar-refractivity contribution in [1.82, 2.24) is 0 Å². The fraction of sp³-hybridized carbons (Fsp3) is 0.444. The number of thiol groups is 1. The highest BCUT2D eigenvalue weighted by atomic mass is 32.1. The lowest BCUT2D eigenvalue weighted by Gasteiger charge is -2.12. The van der Waals surface area contributed by atoms with E-state index in [1.807, 2.05) is 56.6 Å². The van der Waals surface area contributed by atoms with Crippen LogP contribution in [0, 0.1) is 11.3 Å². The molecule has 0 aliphatic heterocycles. The second kappa shape index (κ2) is 14.6. The van der Waals surface area contributed by atoms with Crippen molar-refractivity contribution in [3.8, 4) is 11.8 Å². The van der Waals surface area contributed by atoms with Crippen LogP contribution in [-0.4, -0.2) is 26.5 Å². The predicted molar refractivity (Wildman–Crippen MR) is 137 cm³/mol. The Labute approximate surface area is 194 Å². The number of nitrogens with zero attached hydrogens (tertiary/aromatic N) is 2. The van der Waals surface area contributed by atoms with Crippen molar-refractivity contribution in [1.29, 1.82) is 5.26 Å². The van der Waals surface area contributed by atoms with E-state index >= 15 is 0 Å². The van der Waals surface area contributed by atoms with Gasteiger partial charge in [0.25, 0.3) is 0 Å². The Morgan fingerprint density at radius 2 is 1.45 bits per heavy atom. The molecule has 0 aliphatic rings. The summed E-state index contributed by atoms with van der Waals surface area (Å²) in [5, 5.41) is 9.60. The van der Waals surface area contributed by atoms with E-state index in [2.05, 4.69) is 35.7 Å². The molecule has 2 rings (SSSR count). The average Bonchev–Trinajstić information content (AvgIpc) is 2.79. The minimum atomic E-state index is 0.651. The highest BCUT2D eigenvalue weighted by molar-refractivity contribution is 7.80. The number of unbranched alkanes of at least 4 members (excludes halogenated alkanes) is 7. The van der Waals surface area contributed by atoms with Crippen LogP contribution in [0.5, 0.6) is 5.75 Å². The fourth-order valence-corrected chi connectivity index (χ4v) is 3.63. The molecule has 0 fully saturated rings. The van der Waals surface area contributed by atoms with Gasteiger partial charge in [-0.1, -0.05) is 50.7 Å². The summed E-state index contributed by atoms with van der Waals surface area (Å²) in [5.41, 5.74) is 3.72. The van der Waals surface area contributed by atoms with Crippen molar-refractivity contribution in [2.24, 2.45) is 0 Å². The van der Waals surface area contributed by atoms with Crippen LogP contribution in [0.1, 0.15) is 62.5 Å². The molecule has 0 radical (unpaired) electrons. The average molecular weight is 437 g/mol. The summed E-state index contributed by atoms with van der Waals surface area (Å²) < 4.78 is 5.87. The number of rotatable bonds is 14. The molecule has 0 N–H and O–H groups in total. The van der Waals surface area contributed by atoms with Gasteiger partial charge in [-0.25, -0.2) is 0 Å². The Morgan fingerprint density at radius 1 is 0.871 bits per heavy atom. The van der Waals surface area contributed by atoms with E-state index in [1.165, 1.54) is 44.9 Å². The minimum Gasteiger partial charge on any atom is -0.494 e. The van der Waals surface area contributed by atoms with Crippen LogP contribution < -0.4 is 9.64 Å². The molecular weight excluding hydrogens is 400 g/mol. The van der Waals surface area contributed by atoms with Crippen molar-refractivity contribution in [2.75, 3.05) is 31.4 Å². The molecule has 0 aromatic heterocycles. The Bertz CT molecular complexity index is 820. The maximum absolute atomic E-state index is 9.60. The van der Waals surface area contributed by atoms with Crippen LogP contribution in [0.4, 0.5) is 5.69 Å². The standard InChI is InChI=1S/C27H36N2OS/c1-29(2)26-15-11-23(12-16-26)21-25(22-28)24-13-17-27(18-14-24)30-19-9-7-5-3-4-6-8-10-20-31/h11-18,21,31H,3-10,19-20H2,1-2H3/b25-21+. The molecule has 0 saturated heterocycles. The number of allylic oxidation sites excluding steroid dienone is 1. The lowest BCUT2D eigenvalue weighted by Crippen LogP contribution is -2.07. The lowest BCUT2D eigenvalue weighted by atomic mass is 10.0. The van der Waals surface area contributed by atoms with Gasteiger partial charge >= 0.3 is 0 Å². The van der Waals surface area contributed by atoms with Gasteiger partial charge in [0.2, 0.25) is 0 Å². The normalized spacial score (nSPS) is 11.2. The van der Waals surface area contributed by atoms with Crippen molar-refractivity contribution in [2.45, 2.75) is 51.4 Å². The van der Waals surface area contributed by atoms with Gasteiger partial charge in [0.1, 0.15) is 5.75 Å². The quantitative estimate of drug-likeness (QED) is 0.147. The molecule has 2 aromatic rings. The molecule has 0 amide bonds. The van der Waals surface area contributed by atoms with Gasteiger partial charge in [-0.3, -0.25) is 0 Å². The third kappa shape index (κ3) is 9.53. The molecule has 4 heteroatoms. The zero-order valence-electron chi connectivity index (χ0n) is 19.0. The summed E-state index contributed by atoms with van der Waals surface area (Å²) >= 11 is 4.25. The van der Waals surface area contributed by atoms with E-state index in [1.54, 1.807) is 0 Å². The largest absolute Gasteiger partial charge is 0.494 e. The first kappa shape index (κ1) is 24.9. The van der Waals surface area contributed by atoms with Crippen molar-refractivity contribution >= 4 is 30.0 Å². The van der Waals surface area contributed by atoms with Crippen LogP contribution in [0.25, 0.3) is 11.6 Å². The monoisotopic (exact) mass is 436 g/mol. The SMILES string of the molecule is CN(C)c1ccc(/C=C(\C#N)c2ccc(OCCCCCCCCCCS)cc2)cc1. The third-order valence-electron chi connectivity index (χ3n) is 5.33. The molecule has 0 aliphatic carbocycles. The number of hydrogen-bond donors (Lipinski definition) is 1. The number of benzene rings is 2. The van der Waals surface area contributed by atoms with E-state index in [9.17, 15) is 5.26 Å². The maximum atomic E-state index is 9.60. The number of hydrogen-bond acceptors (Lipinski definition) is 4. The summed E-state index contributed by atoms with van der Waals surface area (Å²) in [6.45, 7) is 0.748. The van der Waals surface area contributed by atoms with Gasteiger partial charge in [0, 0.05) is 19.8 Å². The minimum absolute atomic E-state index is 0.651. The summed E-state index contributed by atoms with van der Waals surface area (Å²) in [4.78, 5) is 2.06. The highest BCUT2D eigenvalue weighted by Crippen LogP contribution is 2.22. The zero-order valence-corrected chi connectivity index (χ0v) is 19.9. The molecule has 0 bridgehead atoms. The van der Waals surface area contributed by atoms with Crippen LogP contribution in [0.15, 0.2) is 48.5 Å². The fourth-order valence-electron chi connectivity index (χ4n) is 3.41. The van der Waals surface area contributed by atoms with Gasteiger partial charge in [-0.15, -0.1) is 0 Å². The first-order valence-electron chi connectivity index (χ1n) is 11.4. The van der Waals surface area contributed by atoms with E-state index in [0.717, 1.165) is 41.3 Å². The summed E-state index contributed by atoms with van der Waals surface area (Å²) in [5.74, 6) is 1.88. The number of ether oxygens (including phenoxy) is 1. The molecule has 0 atom stereocenters. The molecule has 31 heavy (non-hydrogen) atoms. The van der Waals surface area contributed by atoms with E-state index in [0.29, 0.717) is 5.57 Å². The second-order valence-electron chi connectivity index (χ2n) is 8.08. The van der Waals surface area contributed by atoms with E-state index in [4.69, 9.17) is 4.74 Å². The van der Waals surface area contributed by atoms with Crippen molar-refractivity contribution in [3.05, 3.63) is 59.7 Å². The summed E-state index contributed by atoms with van der Waals surface area (Å²) in [7, 11) is 4.03. The number of anilines is 1. The third-order valence-corrected chi connectivity index (χ3v) is 5.64.